The molecule has 13 heavy (non-hydrogen) atoms. The average molecular weight is 202 g/mol. The molecule has 0 aliphatic carbocycles. The van der Waals surface area contributed by atoms with Gasteiger partial charge < -0.3 is 9.16 Å². The van der Waals surface area contributed by atoms with Crippen molar-refractivity contribution in [1.29, 1.82) is 0 Å². The van der Waals surface area contributed by atoms with Crippen molar-refractivity contribution in [3.63, 3.8) is 0 Å². The fourth-order valence-electron chi connectivity index (χ4n) is 0.842. The van der Waals surface area contributed by atoms with Gasteiger partial charge in [-0.05, 0) is 26.6 Å². The number of ether oxygens (including phenoxy) is 1. The van der Waals surface area contributed by atoms with Crippen molar-refractivity contribution < 1.29 is 14.0 Å². The predicted molar refractivity (Wildman–Crippen MR) is 54.8 cm³/mol. The van der Waals surface area contributed by atoms with Gasteiger partial charge >= 0.3 is 5.97 Å². The number of hydrogen-bond acceptors (Lipinski definition) is 3. The molecular formula is C9H18O3Si. The van der Waals surface area contributed by atoms with Gasteiger partial charge in [-0.25, -0.2) is 0 Å². The van der Waals surface area contributed by atoms with Crippen LogP contribution in [0.15, 0.2) is 12.3 Å². The van der Waals surface area contributed by atoms with Crippen LogP contribution in [0.1, 0.15) is 13.3 Å². The lowest BCUT2D eigenvalue weighted by Crippen LogP contribution is -2.25. The molecule has 0 atom stereocenters. The zero-order valence-electron chi connectivity index (χ0n) is 8.85. The molecule has 0 aliphatic heterocycles. The van der Waals surface area contributed by atoms with Crippen LogP contribution < -0.4 is 0 Å². The number of carbonyl (C=O) groups excluding carboxylic acids is 1. The van der Waals surface area contributed by atoms with Crippen LogP contribution >= 0.6 is 0 Å². The first-order valence-electron chi connectivity index (χ1n) is 4.37. The molecule has 0 radical (unpaired) electrons. The summed E-state index contributed by atoms with van der Waals surface area (Å²) in [5.41, 5.74) is 0. The highest BCUT2D eigenvalue weighted by atomic mass is 28.4. The van der Waals surface area contributed by atoms with Crippen molar-refractivity contribution in [1.82, 2.24) is 0 Å². The van der Waals surface area contributed by atoms with Crippen molar-refractivity contribution in [3.05, 3.63) is 12.3 Å². The summed E-state index contributed by atoms with van der Waals surface area (Å²) in [6.45, 7) is 12.0. The summed E-state index contributed by atoms with van der Waals surface area (Å²) in [6.07, 6.45) is 0.165. The van der Waals surface area contributed by atoms with E-state index in [1.165, 1.54) is 0 Å². The summed E-state index contributed by atoms with van der Waals surface area (Å²) in [5.74, 6) is 0.239. The smallest absolute Gasteiger partial charge is 0.313 e. The van der Waals surface area contributed by atoms with Gasteiger partial charge in [0.1, 0.15) is 6.42 Å². The maximum atomic E-state index is 11.0. The van der Waals surface area contributed by atoms with Crippen LogP contribution in [0.2, 0.25) is 19.6 Å². The minimum absolute atomic E-state index is 0.165. The summed E-state index contributed by atoms with van der Waals surface area (Å²) in [6, 6.07) is 0. The zero-order chi connectivity index (χ0) is 10.5. The van der Waals surface area contributed by atoms with Gasteiger partial charge in [0, 0.05) is 0 Å². The minimum atomic E-state index is -1.62. The molecular weight excluding hydrogens is 184 g/mol. The van der Waals surface area contributed by atoms with Crippen LogP contribution in [0.3, 0.4) is 0 Å². The van der Waals surface area contributed by atoms with Gasteiger partial charge in [0.2, 0.25) is 8.32 Å². The van der Waals surface area contributed by atoms with E-state index >= 15 is 0 Å². The number of hydrogen-bond donors (Lipinski definition) is 0. The highest BCUT2D eigenvalue weighted by molar-refractivity contribution is 6.70. The molecule has 0 saturated heterocycles. The minimum Gasteiger partial charge on any atom is -0.547 e. The molecule has 0 saturated carbocycles. The third-order valence-electron chi connectivity index (χ3n) is 1.10. The van der Waals surface area contributed by atoms with E-state index < -0.39 is 8.32 Å². The van der Waals surface area contributed by atoms with Crippen molar-refractivity contribution in [2.24, 2.45) is 0 Å². The Hall–Kier alpha value is -0.773. The van der Waals surface area contributed by atoms with E-state index in [4.69, 9.17) is 9.16 Å². The Bertz CT molecular complexity index is 194. The summed E-state index contributed by atoms with van der Waals surface area (Å²) in [4.78, 5) is 11.0. The van der Waals surface area contributed by atoms with Crippen molar-refractivity contribution in [2.75, 3.05) is 6.61 Å². The van der Waals surface area contributed by atoms with Crippen molar-refractivity contribution in [3.8, 4) is 0 Å². The van der Waals surface area contributed by atoms with Gasteiger partial charge in [0.15, 0.2) is 0 Å². The van der Waals surface area contributed by atoms with E-state index in [1.54, 1.807) is 6.92 Å². The fourth-order valence-corrected chi connectivity index (χ4v) is 1.78. The van der Waals surface area contributed by atoms with Gasteiger partial charge in [-0.15, -0.1) is 0 Å². The number of carbonyl (C=O) groups is 1. The summed E-state index contributed by atoms with van der Waals surface area (Å²) < 4.78 is 10.3. The van der Waals surface area contributed by atoms with Crippen molar-refractivity contribution in [2.45, 2.75) is 33.0 Å². The Morgan fingerprint density at radius 2 is 1.92 bits per heavy atom. The lowest BCUT2D eigenvalue weighted by Gasteiger charge is -2.20. The zero-order valence-corrected chi connectivity index (χ0v) is 9.85. The topological polar surface area (TPSA) is 35.5 Å². The number of rotatable bonds is 5. The van der Waals surface area contributed by atoms with E-state index in [9.17, 15) is 4.79 Å². The van der Waals surface area contributed by atoms with Crippen LogP contribution in [-0.2, 0) is 14.0 Å². The van der Waals surface area contributed by atoms with Crippen molar-refractivity contribution >= 4 is 14.3 Å². The first kappa shape index (κ1) is 12.2. The molecule has 4 heteroatoms. The Morgan fingerprint density at radius 1 is 1.38 bits per heavy atom. The second kappa shape index (κ2) is 5.06. The van der Waals surface area contributed by atoms with E-state index in [1.807, 2.05) is 19.6 Å². The second-order valence-electron chi connectivity index (χ2n) is 3.73. The predicted octanol–water partition coefficient (Wildman–Crippen LogP) is 2.30. The largest absolute Gasteiger partial charge is 0.547 e. The third-order valence-corrected chi connectivity index (χ3v) is 2.00. The molecule has 0 aliphatic rings. The SMILES string of the molecule is C=C(CC(=O)OCC)O[Si](C)(C)C. The van der Waals surface area contributed by atoms with Gasteiger partial charge in [-0.2, -0.15) is 0 Å². The molecule has 3 nitrogen and oxygen atoms in total. The highest BCUT2D eigenvalue weighted by Crippen LogP contribution is 2.11. The highest BCUT2D eigenvalue weighted by Gasteiger charge is 2.18. The normalized spacial score (nSPS) is 10.8. The standard InChI is InChI=1S/C9H18O3Si/c1-6-11-9(10)7-8(2)12-13(3,4)5/h2,6-7H2,1,3-5H3. The molecule has 0 N–H and O–H groups in total. The van der Waals surface area contributed by atoms with E-state index in [2.05, 4.69) is 6.58 Å². The first-order chi connectivity index (χ1) is 5.85. The Morgan fingerprint density at radius 3 is 2.31 bits per heavy atom. The summed E-state index contributed by atoms with van der Waals surface area (Å²) in [5, 5.41) is 0. The van der Waals surface area contributed by atoms with Gasteiger partial charge in [0.25, 0.3) is 0 Å². The number of esters is 1. The van der Waals surface area contributed by atoms with Gasteiger partial charge in [0.05, 0.1) is 12.4 Å². The van der Waals surface area contributed by atoms with Crippen LogP contribution in [-0.4, -0.2) is 20.9 Å². The van der Waals surface area contributed by atoms with Crippen LogP contribution in [0.5, 0.6) is 0 Å². The molecule has 0 rings (SSSR count). The third kappa shape index (κ3) is 7.58. The lowest BCUT2D eigenvalue weighted by molar-refractivity contribution is -0.142. The van der Waals surface area contributed by atoms with E-state index in [0.29, 0.717) is 12.4 Å². The van der Waals surface area contributed by atoms with E-state index in [0.717, 1.165) is 0 Å². The molecule has 0 aromatic rings. The molecule has 0 spiro atoms. The van der Waals surface area contributed by atoms with Crippen LogP contribution in [0.25, 0.3) is 0 Å². The molecule has 0 amide bonds. The quantitative estimate of drug-likeness (QED) is 0.390. The Balaban J connectivity index is 3.82. The summed E-state index contributed by atoms with van der Waals surface area (Å²) in [7, 11) is -1.62. The molecule has 76 valence electrons. The first-order valence-corrected chi connectivity index (χ1v) is 7.78. The lowest BCUT2D eigenvalue weighted by atomic mass is 10.4. The molecule has 0 fully saturated rings. The van der Waals surface area contributed by atoms with Gasteiger partial charge in [-0.3, -0.25) is 4.79 Å². The monoisotopic (exact) mass is 202 g/mol. The molecule has 0 aromatic carbocycles. The molecule has 0 unspecified atom stereocenters. The fraction of sp³-hybridized carbons (Fsp3) is 0.667. The van der Waals surface area contributed by atoms with Crippen LogP contribution in [0, 0.1) is 0 Å². The van der Waals surface area contributed by atoms with E-state index in [-0.39, 0.29) is 12.4 Å². The molecule has 0 aromatic heterocycles. The Labute approximate surface area is 80.9 Å². The Kier molecular flexibility index (Phi) is 4.76. The molecule has 0 bridgehead atoms. The van der Waals surface area contributed by atoms with Gasteiger partial charge in [-0.1, -0.05) is 6.58 Å². The second-order valence-corrected chi connectivity index (χ2v) is 8.16. The average Bonchev–Trinajstić information content (AvgIpc) is 1.81. The maximum absolute atomic E-state index is 11.0. The maximum Gasteiger partial charge on any atom is 0.313 e. The molecule has 0 heterocycles. The van der Waals surface area contributed by atoms with Crippen LogP contribution in [0.4, 0.5) is 0 Å². The summed E-state index contributed by atoms with van der Waals surface area (Å²) >= 11 is 0.